The summed E-state index contributed by atoms with van der Waals surface area (Å²) in [5.74, 6) is -0.340. The van der Waals surface area contributed by atoms with Gasteiger partial charge in [-0.1, -0.05) is 47.5 Å². The second-order valence-electron chi connectivity index (χ2n) is 5.27. The monoisotopic (exact) mass is 323 g/mol. The molecule has 0 aliphatic heterocycles. The summed E-state index contributed by atoms with van der Waals surface area (Å²) in [6.45, 7) is 4.32. The van der Waals surface area contributed by atoms with E-state index >= 15 is 0 Å². The fourth-order valence-corrected chi connectivity index (χ4v) is 3.13. The van der Waals surface area contributed by atoms with E-state index in [4.69, 9.17) is 28.9 Å². The summed E-state index contributed by atoms with van der Waals surface area (Å²) in [4.78, 5) is 0. The quantitative estimate of drug-likeness (QED) is 0.876. The van der Waals surface area contributed by atoms with Crippen molar-refractivity contribution in [3.8, 4) is 0 Å². The van der Waals surface area contributed by atoms with Crippen LogP contribution in [0.2, 0.25) is 10.0 Å². The Hall–Kier alpha value is -1.06. The maximum Gasteiger partial charge on any atom is 0.0871 e. The molecule has 0 spiro atoms. The van der Waals surface area contributed by atoms with Gasteiger partial charge in [0.1, 0.15) is 0 Å². The van der Waals surface area contributed by atoms with Crippen LogP contribution in [0.5, 0.6) is 0 Å². The molecule has 4 heteroatoms. The minimum Gasteiger partial charge on any atom is -0.388 e. The number of rotatable bonds is 4. The molecule has 21 heavy (non-hydrogen) atoms. The van der Waals surface area contributed by atoms with Crippen molar-refractivity contribution >= 4 is 23.2 Å². The first-order valence-corrected chi connectivity index (χ1v) is 7.60. The molecule has 2 atom stereocenters. The van der Waals surface area contributed by atoms with E-state index in [1.54, 1.807) is 18.2 Å². The SMILES string of the molecule is Cc1ccc(C(O)C(CN)c2c(Cl)cccc2Cl)cc1C. The number of nitrogens with two attached hydrogens (primary N) is 1. The highest BCUT2D eigenvalue weighted by Gasteiger charge is 2.25. The van der Waals surface area contributed by atoms with Crippen LogP contribution in [0.15, 0.2) is 36.4 Å². The molecule has 2 nitrogen and oxygen atoms in total. The Morgan fingerprint density at radius 3 is 2.19 bits per heavy atom. The Kier molecular flexibility index (Phi) is 5.28. The molecule has 2 aromatic carbocycles. The third-order valence-corrected chi connectivity index (χ3v) is 4.54. The number of halogens is 2. The number of aliphatic hydroxyl groups excluding tert-OH is 1. The van der Waals surface area contributed by atoms with Gasteiger partial charge < -0.3 is 10.8 Å². The highest BCUT2D eigenvalue weighted by atomic mass is 35.5. The molecule has 3 N–H and O–H groups in total. The molecule has 112 valence electrons. The second kappa shape index (κ2) is 6.80. The smallest absolute Gasteiger partial charge is 0.0871 e. The number of aryl methyl sites for hydroxylation is 2. The van der Waals surface area contributed by atoms with Crippen LogP contribution < -0.4 is 5.73 Å². The van der Waals surface area contributed by atoms with E-state index in [1.807, 2.05) is 32.0 Å². The van der Waals surface area contributed by atoms with Gasteiger partial charge in [0, 0.05) is 22.5 Å². The van der Waals surface area contributed by atoms with Crippen molar-refractivity contribution in [2.75, 3.05) is 6.54 Å². The minimum atomic E-state index is -0.744. The van der Waals surface area contributed by atoms with Gasteiger partial charge >= 0.3 is 0 Å². The van der Waals surface area contributed by atoms with Crippen molar-refractivity contribution in [1.82, 2.24) is 0 Å². The molecule has 0 fully saturated rings. The third kappa shape index (κ3) is 3.41. The third-order valence-electron chi connectivity index (χ3n) is 3.88. The summed E-state index contributed by atoms with van der Waals surface area (Å²) in [6.07, 6.45) is -0.744. The first-order chi connectivity index (χ1) is 9.95. The molecule has 0 radical (unpaired) electrons. The van der Waals surface area contributed by atoms with Crippen LogP contribution in [0, 0.1) is 13.8 Å². The molecule has 0 aromatic heterocycles. The minimum absolute atomic E-state index is 0.261. The van der Waals surface area contributed by atoms with Crippen molar-refractivity contribution in [3.05, 3.63) is 68.7 Å². The van der Waals surface area contributed by atoms with E-state index in [2.05, 4.69) is 0 Å². The Bertz CT molecular complexity index is 622. The van der Waals surface area contributed by atoms with Crippen LogP contribution in [0.1, 0.15) is 34.3 Å². The van der Waals surface area contributed by atoms with Crippen molar-refractivity contribution in [2.24, 2.45) is 5.73 Å². The lowest BCUT2D eigenvalue weighted by molar-refractivity contribution is 0.147. The predicted molar refractivity (Wildman–Crippen MR) is 89.1 cm³/mol. The van der Waals surface area contributed by atoms with E-state index in [0.29, 0.717) is 15.6 Å². The fourth-order valence-electron chi connectivity index (χ4n) is 2.45. The van der Waals surface area contributed by atoms with Gasteiger partial charge in [0.05, 0.1) is 6.10 Å². The summed E-state index contributed by atoms with van der Waals surface area (Å²) >= 11 is 12.5. The van der Waals surface area contributed by atoms with Gasteiger partial charge in [-0.15, -0.1) is 0 Å². The molecule has 2 unspecified atom stereocenters. The van der Waals surface area contributed by atoms with Crippen LogP contribution in [-0.2, 0) is 0 Å². The molecular weight excluding hydrogens is 305 g/mol. The lowest BCUT2D eigenvalue weighted by Gasteiger charge is -2.24. The van der Waals surface area contributed by atoms with E-state index < -0.39 is 6.10 Å². The van der Waals surface area contributed by atoms with E-state index in [0.717, 1.165) is 11.1 Å². The summed E-state index contributed by atoms with van der Waals surface area (Å²) < 4.78 is 0. The topological polar surface area (TPSA) is 46.2 Å². The normalized spacial score (nSPS) is 14.0. The van der Waals surface area contributed by atoms with E-state index in [9.17, 15) is 5.11 Å². The number of benzene rings is 2. The van der Waals surface area contributed by atoms with Crippen LogP contribution >= 0.6 is 23.2 Å². The van der Waals surface area contributed by atoms with Gasteiger partial charge in [0.2, 0.25) is 0 Å². The fraction of sp³-hybridized carbons (Fsp3) is 0.294. The largest absolute Gasteiger partial charge is 0.388 e. The highest BCUT2D eigenvalue weighted by Crippen LogP contribution is 2.38. The average molecular weight is 324 g/mol. The first-order valence-electron chi connectivity index (χ1n) is 6.85. The van der Waals surface area contributed by atoms with Gasteiger partial charge in [0.15, 0.2) is 0 Å². The van der Waals surface area contributed by atoms with Gasteiger partial charge in [-0.25, -0.2) is 0 Å². The van der Waals surface area contributed by atoms with Gasteiger partial charge in [0.25, 0.3) is 0 Å². The number of aliphatic hydroxyl groups is 1. The highest BCUT2D eigenvalue weighted by molar-refractivity contribution is 6.36. The van der Waals surface area contributed by atoms with Crippen molar-refractivity contribution in [2.45, 2.75) is 25.9 Å². The molecule has 0 heterocycles. The predicted octanol–water partition coefficient (Wildman–Crippen LogP) is 4.39. The molecule has 0 saturated heterocycles. The van der Waals surface area contributed by atoms with Gasteiger partial charge in [-0.2, -0.15) is 0 Å². The molecule has 0 aliphatic rings. The maximum absolute atomic E-state index is 10.7. The zero-order chi connectivity index (χ0) is 15.6. The molecule has 0 aliphatic carbocycles. The number of hydrogen-bond acceptors (Lipinski definition) is 2. The zero-order valence-corrected chi connectivity index (χ0v) is 13.6. The van der Waals surface area contributed by atoms with Crippen molar-refractivity contribution < 1.29 is 5.11 Å². The van der Waals surface area contributed by atoms with Crippen LogP contribution in [0.4, 0.5) is 0 Å². The molecule has 0 saturated carbocycles. The number of hydrogen-bond donors (Lipinski definition) is 2. The summed E-state index contributed by atoms with van der Waals surface area (Å²) in [7, 11) is 0. The Balaban J connectivity index is 2.43. The van der Waals surface area contributed by atoms with E-state index in [-0.39, 0.29) is 12.5 Å². The molecule has 2 aromatic rings. The lowest BCUT2D eigenvalue weighted by atomic mass is 9.88. The zero-order valence-electron chi connectivity index (χ0n) is 12.1. The van der Waals surface area contributed by atoms with Gasteiger partial charge in [-0.05, 0) is 48.2 Å². The molecule has 2 rings (SSSR count). The molecule has 0 bridgehead atoms. The Morgan fingerprint density at radius 2 is 1.67 bits per heavy atom. The second-order valence-corrected chi connectivity index (χ2v) is 6.08. The maximum atomic E-state index is 10.7. The summed E-state index contributed by atoms with van der Waals surface area (Å²) in [6, 6.07) is 11.2. The summed E-state index contributed by atoms with van der Waals surface area (Å²) in [5.41, 5.74) is 9.72. The van der Waals surface area contributed by atoms with Crippen LogP contribution in [0.3, 0.4) is 0 Å². The Morgan fingerprint density at radius 1 is 1.05 bits per heavy atom. The standard InChI is InChI=1S/C17H19Cl2NO/c1-10-6-7-12(8-11(10)2)17(21)13(9-20)16-14(18)4-3-5-15(16)19/h3-8,13,17,21H,9,20H2,1-2H3. The van der Waals surface area contributed by atoms with Crippen molar-refractivity contribution in [1.29, 1.82) is 0 Å². The van der Waals surface area contributed by atoms with Crippen molar-refractivity contribution in [3.63, 3.8) is 0 Å². The average Bonchev–Trinajstić information content (AvgIpc) is 2.45. The van der Waals surface area contributed by atoms with Gasteiger partial charge in [-0.3, -0.25) is 0 Å². The van der Waals surface area contributed by atoms with Crippen LogP contribution in [-0.4, -0.2) is 11.7 Å². The van der Waals surface area contributed by atoms with Crippen LogP contribution in [0.25, 0.3) is 0 Å². The van der Waals surface area contributed by atoms with E-state index in [1.165, 1.54) is 5.56 Å². The molecular formula is C17H19Cl2NO. The summed E-state index contributed by atoms with van der Waals surface area (Å²) in [5, 5.41) is 11.8. The molecule has 0 amide bonds. The first kappa shape index (κ1) is 16.3. The lowest BCUT2D eigenvalue weighted by Crippen LogP contribution is -2.21. The Labute approximate surface area is 135 Å².